The zero-order valence-corrected chi connectivity index (χ0v) is 16.4. The van der Waals surface area contributed by atoms with Crippen LogP contribution in [0.4, 0.5) is 0 Å². The summed E-state index contributed by atoms with van der Waals surface area (Å²) in [4.78, 5) is 16.6. The van der Waals surface area contributed by atoms with E-state index in [0.29, 0.717) is 24.5 Å². The van der Waals surface area contributed by atoms with Crippen LogP contribution in [0.3, 0.4) is 0 Å². The van der Waals surface area contributed by atoms with Crippen LogP contribution >= 0.6 is 11.6 Å². The van der Waals surface area contributed by atoms with E-state index in [0.717, 1.165) is 16.9 Å². The number of fused-ring (bicyclic) bond motifs is 1. The van der Waals surface area contributed by atoms with E-state index in [9.17, 15) is 13.2 Å². The summed E-state index contributed by atoms with van der Waals surface area (Å²) >= 11 is 5.76. The molecule has 8 heteroatoms. The third kappa shape index (κ3) is 4.67. The molecule has 3 rings (SSSR count). The van der Waals surface area contributed by atoms with Gasteiger partial charge in [0.1, 0.15) is 11.6 Å². The first-order valence-electron chi connectivity index (χ1n) is 8.54. The fraction of sp³-hybridized carbons (Fsp3) is 0.263. The molecule has 3 aromatic rings. The van der Waals surface area contributed by atoms with Crippen LogP contribution < -0.4 is 5.32 Å². The van der Waals surface area contributed by atoms with Crippen molar-refractivity contribution in [1.29, 1.82) is 0 Å². The summed E-state index contributed by atoms with van der Waals surface area (Å²) in [5, 5.41) is 3.12. The summed E-state index contributed by atoms with van der Waals surface area (Å²) in [7, 11) is -3.68. The highest BCUT2D eigenvalue weighted by Gasteiger charge is 2.19. The van der Waals surface area contributed by atoms with Gasteiger partial charge in [0.25, 0.3) is 0 Å². The molecule has 0 saturated heterocycles. The Balaban J connectivity index is 1.52. The van der Waals surface area contributed by atoms with Gasteiger partial charge in [-0.2, -0.15) is 0 Å². The Morgan fingerprint density at radius 2 is 1.85 bits per heavy atom. The molecule has 6 nitrogen and oxygen atoms in total. The zero-order chi connectivity index (χ0) is 19.4. The summed E-state index contributed by atoms with van der Waals surface area (Å²) in [6, 6.07) is 13.7. The quantitative estimate of drug-likeness (QED) is 0.613. The Labute approximate surface area is 163 Å². The first kappa shape index (κ1) is 19.4. The van der Waals surface area contributed by atoms with E-state index in [-0.39, 0.29) is 4.90 Å². The Morgan fingerprint density at radius 3 is 2.59 bits per heavy atom. The standard InChI is InChI=1S/C19H20ClN3O3S/c1-14-22-17-5-2-3-6-18(17)23(14)12-4-11-21-19(24)13-27(25,26)16-9-7-15(20)8-10-16/h2-3,5-10H,4,11-13H2,1H3,(H,21,24). The van der Waals surface area contributed by atoms with Gasteiger partial charge in [-0.05, 0) is 49.7 Å². The van der Waals surface area contributed by atoms with E-state index in [1.54, 1.807) is 0 Å². The Hall–Kier alpha value is -2.38. The number of carbonyl (C=O) groups is 1. The average molecular weight is 406 g/mol. The van der Waals surface area contributed by atoms with Gasteiger partial charge in [0.15, 0.2) is 9.84 Å². The lowest BCUT2D eigenvalue weighted by atomic mass is 10.3. The number of nitrogens with zero attached hydrogens (tertiary/aromatic N) is 2. The predicted octanol–water partition coefficient (Wildman–Crippen LogP) is 2.98. The minimum Gasteiger partial charge on any atom is -0.355 e. The SMILES string of the molecule is Cc1nc2ccccc2n1CCCNC(=O)CS(=O)(=O)c1ccc(Cl)cc1. The number of aromatic nitrogens is 2. The molecule has 0 fully saturated rings. The van der Waals surface area contributed by atoms with Gasteiger partial charge in [-0.1, -0.05) is 23.7 Å². The van der Waals surface area contributed by atoms with Crippen LogP contribution in [0.5, 0.6) is 0 Å². The van der Waals surface area contributed by atoms with Crippen molar-refractivity contribution in [3.05, 3.63) is 59.4 Å². The lowest BCUT2D eigenvalue weighted by Crippen LogP contribution is -2.31. The third-order valence-corrected chi connectivity index (χ3v) is 6.10. The summed E-state index contributed by atoms with van der Waals surface area (Å²) in [6.45, 7) is 3.02. The highest BCUT2D eigenvalue weighted by Crippen LogP contribution is 2.16. The van der Waals surface area contributed by atoms with Crippen LogP contribution in [-0.2, 0) is 21.2 Å². The summed E-state index contributed by atoms with van der Waals surface area (Å²) < 4.78 is 26.6. The number of imidazole rings is 1. The number of benzene rings is 2. The van der Waals surface area contributed by atoms with Crippen molar-refractivity contribution in [2.45, 2.75) is 24.8 Å². The molecule has 0 aliphatic rings. The summed E-state index contributed by atoms with van der Waals surface area (Å²) in [6.07, 6.45) is 0.675. The number of sulfone groups is 1. The first-order valence-corrected chi connectivity index (χ1v) is 10.6. The molecule has 142 valence electrons. The molecular weight excluding hydrogens is 386 g/mol. The molecule has 1 N–H and O–H groups in total. The number of hydrogen-bond acceptors (Lipinski definition) is 4. The van der Waals surface area contributed by atoms with E-state index < -0.39 is 21.5 Å². The Bertz CT molecular complexity index is 1060. The number of carbonyl (C=O) groups excluding carboxylic acids is 1. The molecule has 0 atom stereocenters. The van der Waals surface area contributed by atoms with Crippen LogP contribution in [0.1, 0.15) is 12.2 Å². The van der Waals surface area contributed by atoms with E-state index in [1.165, 1.54) is 24.3 Å². The topological polar surface area (TPSA) is 81.1 Å². The largest absolute Gasteiger partial charge is 0.355 e. The Morgan fingerprint density at radius 1 is 1.15 bits per heavy atom. The third-order valence-electron chi connectivity index (χ3n) is 4.22. The minimum absolute atomic E-state index is 0.0857. The van der Waals surface area contributed by atoms with Gasteiger partial charge in [-0.3, -0.25) is 4.79 Å². The number of rotatable bonds is 7. The van der Waals surface area contributed by atoms with Gasteiger partial charge < -0.3 is 9.88 Å². The normalized spacial score (nSPS) is 11.6. The lowest BCUT2D eigenvalue weighted by Gasteiger charge is -2.09. The predicted molar refractivity (Wildman–Crippen MR) is 106 cm³/mol. The van der Waals surface area contributed by atoms with Gasteiger partial charge in [0, 0.05) is 18.1 Å². The smallest absolute Gasteiger partial charge is 0.235 e. The molecule has 1 aromatic heterocycles. The molecule has 0 aliphatic heterocycles. The monoisotopic (exact) mass is 405 g/mol. The Kier molecular flexibility index (Phi) is 5.82. The van der Waals surface area contributed by atoms with E-state index in [4.69, 9.17) is 11.6 Å². The van der Waals surface area contributed by atoms with Crippen molar-refractivity contribution in [2.75, 3.05) is 12.3 Å². The first-order chi connectivity index (χ1) is 12.9. The van der Waals surface area contributed by atoms with Crippen LogP contribution in [0.25, 0.3) is 11.0 Å². The number of para-hydroxylation sites is 2. The van der Waals surface area contributed by atoms with Crippen molar-refractivity contribution in [2.24, 2.45) is 0 Å². The lowest BCUT2D eigenvalue weighted by molar-refractivity contribution is -0.118. The van der Waals surface area contributed by atoms with Gasteiger partial charge in [-0.15, -0.1) is 0 Å². The van der Waals surface area contributed by atoms with Crippen LogP contribution in [0.2, 0.25) is 5.02 Å². The number of halogens is 1. The maximum atomic E-state index is 12.2. The second-order valence-electron chi connectivity index (χ2n) is 6.22. The highest BCUT2D eigenvalue weighted by molar-refractivity contribution is 7.92. The van der Waals surface area contributed by atoms with E-state index in [1.807, 2.05) is 31.2 Å². The average Bonchev–Trinajstić information content (AvgIpc) is 2.94. The number of nitrogens with one attached hydrogen (secondary N) is 1. The summed E-state index contributed by atoms with van der Waals surface area (Å²) in [5.41, 5.74) is 1.99. The molecule has 0 radical (unpaired) electrons. The molecular formula is C19H20ClN3O3S. The van der Waals surface area contributed by atoms with Gasteiger partial charge in [-0.25, -0.2) is 13.4 Å². The van der Waals surface area contributed by atoms with E-state index >= 15 is 0 Å². The zero-order valence-electron chi connectivity index (χ0n) is 14.9. The molecule has 27 heavy (non-hydrogen) atoms. The van der Waals surface area contributed by atoms with Crippen molar-refractivity contribution in [1.82, 2.24) is 14.9 Å². The van der Waals surface area contributed by atoms with Crippen LogP contribution in [0, 0.1) is 6.92 Å². The molecule has 0 unspecified atom stereocenters. The van der Waals surface area contributed by atoms with Gasteiger partial charge in [0.2, 0.25) is 5.91 Å². The van der Waals surface area contributed by atoms with Gasteiger partial charge >= 0.3 is 0 Å². The fourth-order valence-electron chi connectivity index (χ4n) is 2.89. The number of aryl methyl sites for hydroxylation is 2. The highest BCUT2D eigenvalue weighted by atomic mass is 35.5. The maximum absolute atomic E-state index is 12.2. The van der Waals surface area contributed by atoms with Crippen LogP contribution in [0.15, 0.2) is 53.4 Å². The molecule has 1 amide bonds. The summed E-state index contributed by atoms with van der Waals surface area (Å²) in [5.74, 6) is -0.188. The fourth-order valence-corrected chi connectivity index (χ4v) is 4.18. The molecule has 0 spiro atoms. The van der Waals surface area contributed by atoms with Crippen molar-refractivity contribution in [3.63, 3.8) is 0 Å². The second-order valence-corrected chi connectivity index (χ2v) is 8.64. The van der Waals surface area contributed by atoms with Crippen molar-refractivity contribution >= 4 is 38.4 Å². The molecule has 1 heterocycles. The van der Waals surface area contributed by atoms with E-state index in [2.05, 4.69) is 14.9 Å². The molecule has 0 aliphatic carbocycles. The van der Waals surface area contributed by atoms with Crippen LogP contribution in [-0.4, -0.2) is 36.2 Å². The molecule has 0 saturated carbocycles. The number of hydrogen-bond donors (Lipinski definition) is 1. The van der Waals surface area contributed by atoms with Crippen molar-refractivity contribution in [3.8, 4) is 0 Å². The maximum Gasteiger partial charge on any atom is 0.235 e. The molecule has 2 aromatic carbocycles. The molecule has 0 bridgehead atoms. The minimum atomic E-state index is -3.68. The van der Waals surface area contributed by atoms with Gasteiger partial charge in [0.05, 0.1) is 15.9 Å². The van der Waals surface area contributed by atoms with Crippen molar-refractivity contribution < 1.29 is 13.2 Å². The number of amides is 1. The second kappa shape index (κ2) is 8.10.